The zero-order valence-corrected chi connectivity index (χ0v) is 12.1. The lowest BCUT2D eigenvalue weighted by Gasteiger charge is -2.27. The number of alkyl halides is 1. The van der Waals surface area contributed by atoms with Gasteiger partial charge in [-0.25, -0.2) is 4.39 Å². The van der Waals surface area contributed by atoms with E-state index in [2.05, 4.69) is 25.7 Å². The molecule has 0 saturated carbocycles. The largest absolute Gasteiger partial charge is 0.371 e. The molecule has 1 fully saturated rings. The predicted octanol–water partition coefficient (Wildman–Crippen LogP) is 4.44. The van der Waals surface area contributed by atoms with Crippen molar-refractivity contribution in [2.24, 2.45) is 11.3 Å². The molecule has 1 aliphatic heterocycles. The maximum absolute atomic E-state index is 13.5. The molecular formula is C15H21ClFN. The molecule has 1 aromatic carbocycles. The van der Waals surface area contributed by atoms with E-state index in [1.165, 1.54) is 12.5 Å². The summed E-state index contributed by atoms with van der Waals surface area (Å²) in [7, 11) is 0. The first kappa shape index (κ1) is 13.7. The predicted molar refractivity (Wildman–Crippen MR) is 75.7 cm³/mol. The van der Waals surface area contributed by atoms with Crippen LogP contribution in [0.1, 0.15) is 32.8 Å². The molecule has 1 heterocycles. The van der Waals surface area contributed by atoms with Crippen LogP contribution in [0.15, 0.2) is 18.2 Å². The highest BCUT2D eigenvalue weighted by molar-refractivity contribution is 6.17. The fourth-order valence-electron chi connectivity index (χ4n) is 2.59. The molecule has 3 heteroatoms. The maximum Gasteiger partial charge on any atom is 0.125 e. The molecule has 1 atom stereocenters. The summed E-state index contributed by atoms with van der Waals surface area (Å²) in [6, 6.07) is 5.12. The Morgan fingerprint density at radius 1 is 1.33 bits per heavy atom. The molecule has 0 radical (unpaired) electrons. The number of hydrogen-bond donors (Lipinski definition) is 0. The van der Waals surface area contributed by atoms with Crippen molar-refractivity contribution in [3.8, 4) is 0 Å². The summed E-state index contributed by atoms with van der Waals surface area (Å²) in [6.45, 7) is 8.84. The molecule has 1 nitrogen and oxygen atoms in total. The molecule has 1 saturated heterocycles. The molecule has 1 aromatic rings. The van der Waals surface area contributed by atoms with Gasteiger partial charge in [-0.3, -0.25) is 0 Å². The van der Waals surface area contributed by atoms with Gasteiger partial charge in [-0.05, 0) is 41.5 Å². The van der Waals surface area contributed by atoms with Crippen molar-refractivity contribution in [1.29, 1.82) is 0 Å². The summed E-state index contributed by atoms with van der Waals surface area (Å²) in [4.78, 5) is 2.27. The molecule has 0 aliphatic carbocycles. The van der Waals surface area contributed by atoms with Crippen molar-refractivity contribution in [3.63, 3.8) is 0 Å². The van der Waals surface area contributed by atoms with Crippen LogP contribution in [0.3, 0.4) is 0 Å². The zero-order valence-electron chi connectivity index (χ0n) is 11.3. The minimum Gasteiger partial charge on any atom is -0.371 e. The second kappa shape index (κ2) is 5.08. The van der Waals surface area contributed by atoms with E-state index in [4.69, 9.17) is 11.6 Å². The second-order valence-electron chi connectivity index (χ2n) is 6.25. The van der Waals surface area contributed by atoms with Gasteiger partial charge in [0.2, 0.25) is 0 Å². The highest BCUT2D eigenvalue weighted by atomic mass is 35.5. The standard InChI is InChI=1S/C15H21ClFN/c1-15(2,3)12-4-5-18(10-12)14-7-11(9-16)6-13(17)8-14/h6-8,12H,4-5,9-10H2,1-3H3. The Morgan fingerprint density at radius 2 is 2.06 bits per heavy atom. The van der Waals surface area contributed by atoms with Gasteiger partial charge in [0.25, 0.3) is 0 Å². The van der Waals surface area contributed by atoms with Crippen LogP contribution in [-0.2, 0) is 5.88 Å². The topological polar surface area (TPSA) is 3.24 Å². The molecule has 1 unspecified atom stereocenters. The Morgan fingerprint density at radius 3 is 2.61 bits per heavy atom. The quantitative estimate of drug-likeness (QED) is 0.718. The molecule has 1 aliphatic rings. The summed E-state index contributed by atoms with van der Waals surface area (Å²) in [6.07, 6.45) is 1.18. The fraction of sp³-hybridized carbons (Fsp3) is 0.600. The van der Waals surface area contributed by atoms with Crippen LogP contribution in [0.4, 0.5) is 10.1 Å². The molecule has 0 spiro atoms. The molecular weight excluding hydrogens is 249 g/mol. The summed E-state index contributed by atoms with van der Waals surface area (Å²) in [5, 5.41) is 0. The Hall–Kier alpha value is -0.760. The van der Waals surface area contributed by atoms with Gasteiger partial charge in [0.05, 0.1) is 0 Å². The Labute approximate surface area is 114 Å². The van der Waals surface area contributed by atoms with Gasteiger partial charge in [0.15, 0.2) is 0 Å². The second-order valence-corrected chi connectivity index (χ2v) is 6.52. The van der Waals surface area contributed by atoms with Crippen LogP contribution in [0.2, 0.25) is 0 Å². The average molecular weight is 270 g/mol. The third-order valence-electron chi connectivity index (χ3n) is 3.87. The summed E-state index contributed by atoms with van der Waals surface area (Å²) < 4.78 is 13.5. The van der Waals surface area contributed by atoms with Gasteiger partial charge in [-0.1, -0.05) is 20.8 Å². The number of hydrogen-bond acceptors (Lipinski definition) is 1. The lowest BCUT2D eigenvalue weighted by molar-refractivity contribution is 0.263. The number of anilines is 1. The van der Waals surface area contributed by atoms with Crippen molar-refractivity contribution in [2.45, 2.75) is 33.1 Å². The Balaban J connectivity index is 2.16. The molecule has 100 valence electrons. The zero-order chi connectivity index (χ0) is 13.3. The number of halogens is 2. The van der Waals surface area contributed by atoms with Crippen LogP contribution >= 0.6 is 11.6 Å². The third kappa shape index (κ3) is 2.97. The Bertz CT molecular complexity index is 425. The van der Waals surface area contributed by atoms with E-state index in [1.807, 2.05) is 6.07 Å². The number of rotatable bonds is 2. The summed E-state index contributed by atoms with van der Waals surface area (Å²) >= 11 is 5.79. The van der Waals surface area contributed by atoms with E-state index in [0.29, 0.717) is 17.2 Å². The fourth-order valence-corrected chi connectivity index (χ4v) is 2.75. The van der Waals surface area contributed by atoms with Gasteiger partial charge in [-0.15, -0.1) is 11.6 Å². The lowest BCUT2D eigenvalue weighted by atomic mass is 9.80. The smallest absolute Gasteiger partial charge is 0.125 e. The van der Waals surface area contributed by atoms with E-state index in [-0.39, 0.29) is 5.82 Å². The normalized spacial score (nSPS) is 20.5. The van der Waals surface area contributed by atoms with E-state index in [9.17, 15) is 4.39 Å². The molecule has 2 rings (SSSR count). The van der Waals surface area contributed by atoms with Crippen molar-refractivity contribution in [1.82, 2.24) is 0 Å². The first-order valence-corrected chi connectivity index (χ1v) is 7.04. The summed E-state index contributed by atoms with van der Waals surface area (Å²) in [5.41, 5.74) is 2.14. The maximum atomic E-state index is 13.5. The molecule has 0 aromatic heterocycles. The monoisotopic (exact) mass is 269 g/mol. The minimum atomic E-state index is -0.192. The lowest BCUT2D eigenvalue weighted by Crippen LogP contribution is -2.25. The third-order valence-corrected chi connectivity index (χ3v) is 4.18. The SMILES string of the molecule is CC(C)(C)C1CCN(c2cc(F)cc(CCl)c2)C1. The first-order chi connectivity index (χ1) is 8.40. The van der Waals surface area contributed by atoms with E-state index >= 15 is 0 Å². The van der Waals surface area contributed by atoms with E-state index in [1.54, 1.807) is 6.07 Å². The summed E-state index contributed by atoms with van der Waals surface area (Å²) in [5.74, 6) is 0.837. The molecule has 18 heavy (non-hydrogen) atoms. The highest BCUT2D eigenvalue weighted by Crippen LogP contribution is 2.36. The van der Waals surface area contributed by atoms with Crippen molar-refractivity contribution in [2.75, 3.05) is 18.0 Å². The van der Waals surface area contributed by atoms with Gasteiger partial charge >= 0.3 is 0 Å². The van der Waals surface area contributed by atoms with Gasteiger partial charge in [-0.2, -0.15) is 0 Å². The van der Waals surface area contributed by atoms with Gasteiger partial charge in [0.1, 0.15) is 5.82 Å². The average Bonchev–Trinajstić information content (AvgIpc) is 2.77. The van der Waals surface area contributed by atoms with E-state index in [0.717, 1.165) is 24.3 Å². The number of nitrogens with zero attached hydrogens (tertiary/aromatic N) is 1. The van der Waals surface area contributed by atoms with Crippen LogP contribution in [0.25, 0.3) is 0 Å². The number of benzene rings is 1. The molecule has 0 amide bonds. The molecule has 0 bridgehead atoms. The Kier molecular flexibility index (Phi) is 3.86. The molecule has 0 N–H and O–H groups in total. The first-order valence-electron chi connectivity index (χ1n) is 6.50. The van der Waals surface area contributed by atoms with E-state index < -0.39 is 0 Å². The van der Waals surface area contributed by atoms with Crippen molar-refractivity contribution >= 4 is 17.3 Å². The van der Waals surface area contributed by atoms with Gasteiger partial charge < -0.3 is 4.90 Å². The van der Waals surface area contributed by atoms with Crippen LogP contribution in [-0.4, -0.2) is 13.1 Å². The van der Waals surface area contributed by atoms with Crippen molar-refractivity contribution < 1.29 is 4.39 Å². The minimum absolute atomic E-state index is 0.192. The van der Waals surface area contributed by atoms with Crippen molar-refractivity contribution in [3.05, 3.63) is 29.6 Å². The highest BCUT2D eigenvalue weighted by Gasteiger charge is 2.31. The van der Waals surface area contributed by atoms with Crippen LogP contribution in [0.5, 0.6) is 0 Å². The van der Waals surface area contributed by atoms with Gasteiger partial charge in [0, 0.05) is 24.7 Å². The van der Waals surface area contributed by atoms with Crippen LogP contribution < -0.4 is 4.90 Å². The van der Waals surface area contributed by atoms with Crippen LogP contribution in [0, 0.1) is 17.2 Å².